The van der Waals surface area contributed by atoms with E-state index in [-0.39, 0.29) is 4.87 Å². The Morgan fingerprint density at radius 1 is 1.58 bits per heavy atom. The molecule has 3 nitrogen and oxygen atoms in total. The molecule has 12 heavy (non-hydrogen) atoms. The van der Waals surface area contributed by atoms with Crippen LogP contribution >= 0.6 is 11.3 Å². The van der Waals surface area contributed by atoms with Gasteiger partial charge in [0.15, 0.2) is 0 Å². The van der Waals surface area contributed by atoms with Crippen molar-refractivity contribution in [1.29, 1.82) is 0 Å². The van der Waals surface area contributed by atoms with Gasteiger partial charge in [0.2, 0.25) is 0 Å². The van der Waals surface area contributed by atoms with Crippen LogP contribution in [0.15, 0.2) is 10.5 Å². The van der Waals surface area contributed by atoms with Gasteiger partial charge in [0.1, 0.15) is 0 Å². The van der Waals surface area contributed by atoms with E-state index in [2.05, 4.69) is 0 Å². The fourth-order valence-corrected chi connectivity index (χ4v) is 2.41. The second-order valence-electron chi connectivity index (χ2n) is 2.96. The van der Waals surface area contributed by atoms with Gasteiger partial charge in [-0.25, -0.2) is 0 Å². The molecule has 0 saturated carbocycles. The molecule has 1 aromatic rings. The molecule has 0 aliphatic heterocycles. The Hall–Kier alpha value is -1.03. The number of aromatic nitrogens is 1. The predicted molar refractivity (Wildman–Crippen MR) is 50.0 cm³/mol. The fraction of sp³-hybridized carbons (Fsp3) is 0.375. The highest BCUT2D eigenvalue weighted by Gasteiger charge is 2.14. The van der Waals surface area contributed by atoms with Crippen LogP contribution in [0.2, 0.25) is 0 Å². The smallest absolute Gasteiger partial charge is 0.307 e. The molecule has 4 heteroatoms. The molecule has 0 aromatic carbocycles. The zero-order valence-electron chi connectivity index (χ0n) is 6.83. The van der Waals surface area contributed by atoms with E-state index in [1.165, 1.54) is 11.3 Å². The molecule has 0 radical (unpaired) electrons. The number of nitrogens with zero attached hydrogens (tertiary/aromatic N) is 1. The van der Waals surface area contributed by atoms with Crippen molar-refractivity contribution in [1.82, 2.24) is 4.57 Å². The molecular formula is C8H10N2OS. The topological polar surface area (TPSA) is 48.0 Å². The van der Waals surface area contributed by atoms with Gasteiger partial charge in [-0.3, -0.25) is 4.79 Å². The van der Waals surface area contributed by atoms with Gasteiger partial charge in [-0.15, -0.1) is 0 Å². The minimum atomic E-state index is 0.103. The van der Waals surface area contributed by atoms with Crippen LogP contribution < -0.4 is 10.6 Å². The van der Waals surface area contributed by atoms with Gasteiger partial charge >= 0.3 is 4.87 Å². The second kappa shape index (κ2) is 2.48. The highest BCUT2D eigenvalue weighted by molar-refractivity contribution is 7.10. The Morgan fingerprint density at radius 3 is 3.08 bits per heavy atom. The van der Waals surface area contributed by atoms with Crippen molar-refractivity contribution in [2.24, 2.45) is 12.8 Å². The van der Waals surface area contributed by atoms with Gasteiger partial charge in [-0.2, -0.15) is 0 Å². The molecule has 0 atom stereocenters. The summed E-state index contributed by atoms with van der Waals surface area (Å²) in [6.07, 6.45) is 3.68. The lowest BCUT2D eigenvalue weighted by atomic mass is 10.1. The molecule has 0 fully saturated rings. The van der Waals surface area contributed by atoms with Crippen LogP contribution in [0.5, 0.6) is 0 Å². The minimum absolute atomic E-state index is 0.103. The first-order chi connectivity index (χ1) is 5.68. The number of allylic oxidation sites excluding steroid dienone is 1. The lowest BCUT2D eigenvalue weighted by Crippen LogP contribution is -2.13. The van der Waals surface area contributed by atoms with Crippen LogP contribution in [0.25, 0.3) is 6.08 Å². The first kappa shape index (κ1) is 7.61. The quantitative estimate of drug-likeness (QED) is 0.641. The van der Waals surface area contributed by atoms with Crippen molar-refractivity contribution < 1.29 is 0 Å². The number of rotatable bonds is 0. The fourth-order valence-electron chi connectivity index (χ4n) is 1.40. The molecule has 64 valence electrons. The van der Waals surface area contributed by atoms with Crippen molar-refractivity contribution in [3.05, 3.63) is 25.9 Å². The largest absolute Gasteiger partial charge is 0.402 e. The zero-order valence-corrected chi connectivity index (χ0v) is 7.65. The summed E-state index contributed by atoms with van der Waals surface area (Å²) in [7, 11) is 1.81. The molecule has 2 rings (SSSR count). The molecular weight excluding hydrogens is 172 g/mol. The van der Waals surface area contributed by atoms with Crippen LogP contribution in [0.1, 0.15) is 17.0 Å². The Kier molecular flexibility index (Phi) is 1.58. The standard InChI is InChI=1S/C8H10N2OS/c1-10-6-3-2-5(9)4-7(6)12-8(10)11/h4H,2-3,9H2,1H3. The summed E-state index contributed by atoms with van der Waals surface area (Å²) in [5.74, 6) is 0. The number of thiazole rings is 1. The van der Waals surface area contributed by atoms with E-state index in [1.54, 1.807) is 4.57 Å². The number of nitrogens with two attached hydrogens (primary N) is 1. The third kappa shape index (κ3) is 0.992. The maximum absolute atomic E-state index is 11.2. The van der Waals surface area contributed by atoms with E-state index in [1.807, 2.05) is 13.1 Å². The van der Waals surface area contributed by atoms with Crippen molar-refractivity contribution in [3.8, 4) is 0 Å². The number of hydrogen-bond donors (Lipinski definition) is 1. The van der Waals surface area contributed by atoms with Crippen LogP contribution in [0.3, 0.4) is 0 Å². The molecule has 0 amide bonds. The summed E-state index contributed by atoms with van der Waals surface area (Å²) < 4.78 is 1.71. The van der Waals surface area contributed by atoms with Crippen molar-refractivity contribution >= 4 is 17.4 Å². The molecule has 1 heterocycles. The number of fused-ring (bicyclic) bond motifs is 1. The normalized spacial score (nSPS) is 15.6. The van der Waals surface area contributed by atoms with Gasteiger partial charge < -0.3 is 10.3 Å². The van der Waals surface area contributed by atoms with Crippen molar-refractivity contribution in [2.75, 3.05) is 0 Å². The van der Waals surface area contributed by atoms with Crippen LogP contribution in [0, 0.1) is 0 Å². The summed E-state index contributed by atoms with van der Waals surface area (Å²) in [4.78, 5) is 12.4. The SMILES string of the molecule is Cn1c2c(sc1=O)C=C(N)CC2. The average molecular weight is 182 g/mol. The highest BCUT2D eigenvalue weighted by atomic mass is 32.1. The summed E-state index contributed by atoms with van der Waals surface area (Å²) in [5.41, 5.74) is 7.67. The number of hydrogen-bond acceptors (Lipinski definition) is 3. The zero-order chi connectivity index (χ0) is 8.72. The van der Waals surface area contributed by atoms with E-state index in [0.717, 1.165) is 29.1 Å². The first-order valence-electron chi connectivity index (χ1n) is 3.83. The summed E-state index contributed by atoms with van der Waals surface area (Å²) >= 11 is 1.27. The Morgan fingerprint density at radius 2 is 2.33 bits per heavy atom. The van der Waals surface area contributed by atoms with E-state index in [4.69, 9.17) is 5.73 Å². The second-order valence-corrected chi connectivity index (χ2v) is 3.95. The lowest BCUT2D eigenvalue weighted by molar-refractivity contribution is 0.768. The maximum atomic E-state index is 11.2. The van der Waals surface area contributed by atoms with E-state index in [0.29, 0.717) is 0 Å². The van der Waals surface area contributed by atoms with Crippen LogP contribution in [0.4, 0.5) is 0 Å². The van der Waals surface area contributed by atoms with E-state index in [9.17, 15) is 4.79 Å². The molecule has 0 unspecified atom stereocenters. The molecule has 1 aliphatic rings. The van der Waals surface area contributed by atoms with Crippen LogP contribution in [-0.2, 0) is 13.5 Å². The molecule has 0 bridgehead atoms. The summed E-state index contributed by atoms with van der Waals surface area (Å²) in [6, 6.07) is 0. The molecule has 0 saturated heterocycles. The van der Waals surface area contributed by atoms with Crippen LogP contribution in [-0.4, -0.2) is 4.57 Å². The minimum Gasteiger partial charge on any atom is -0.402 e. The van der Waals surface area contributed by atoms with E-state index < -0.39 is 0 Å². The van der Waals surface area contributed by atoms with Gasteiger partial charge in [-0.1, -0.05) is 11.3 Å². The maximum Gasteiger partial charge on any atom is 0.307 e. The molecule has 1 aromatic heterocycles. The molecule has 0 spiro atoms. The lowest BCUT2D eigenvalue weighted by Gasteiger charge is -2.09. The highest BCUT2D eigenvalue weighted by Crippen LogP contribution is 2.22. The third-order valence-electron chi connectivity index (χ3n) is 2.13. The van der Waals surface area contributed by atoms with Gasteiger partial charge in [0.05, 0.1) is 4.88 Å². The van der Waals surface area contributed by atoms with E-state index >= 15 is 0 Å². The van der Waals surface area contributed by atoms with Gasteiger partial charge in [0, 0.05) is 18.4 Å². The monoisotopic (exact) mass is 182 g/mol. The summed E-state index contributed by atoms with van der Waals surface area (Å²) in [5, 5.41) is 0. The Balaban J connectivity index is 2.65. The summed E-state index contributed by atoms with van der Waals surface area (Å²) in [6.45, 7) is 0. The van der Waals surface area contributed by atoms with Gasteiger partial charge in [-0.05, 0) is 18.9 Å². The Bertz CT molecular complexity index is 400. The van der Waals surface area contributed by atoms with Crippen molar-refractivity contribution in [3.63, 3.8) is 0 Å². The first-order valence-corrected chi connectivity index (χ1v) is 4.65. The third-order valence-corrected chi connectivity index (χ3v) is 3.15. The average Bonchev–Trinajstić information content (AvgIpc) is 2.28. The van der Waals surface area contributed by atoms with Gasteiger partial charge in [0.25, 0.3) is 0 Å². The van der Waals surface area contributed by atoms with Crippen molar-refractivity contribution in [2.45, 2.75) is 12.8 Å². The Labute approximate surface area is 74.1 Å². The predicted octanol–water partition coefficient (Wildman–Crippen LogP) is 0.693. The molecule has 2 N–H and O–H groups in total. The molecule has 1 aliphatic carbocycles.